The third-order valence-electron chi connectivity index (χ3n) is 5.24. The van der Waals surface area contributed by atoms with E-state index in [0.717, 1.165) is 54.6 Å². The number of amides is 1. The largest absolute Gasteiger partial charge is 0.489 e. The van der Waals surface area contributed by atoms with Gasteiger partial charge in [-0.25, -0.2) is 0 Å². The van der Waals surface area contributed by atoms with Gasteiger partial charge in [0.2, 0.25) is 0 Å². The summed E-state index contributed by atoms with van der Waals surface area (Å²) in [5.41, 5.74) is 4.49. The topological polar surface area (TPSA) is 45.7 Å². The third-order valence-corrected chi connectivity index (χ3v) is 6.20. The van der Waals surface area contributed by atoms with Crippen molar-refractivity contribution in [3.8, 4) is 5.75 Å². The summed E-state index contributed by atoms with van der Waals surface area (Å²) < 4.78 is 5.93. The van der Waals surface area contributed by atoms with Crippen molar-refractivity contribution in [2.45, 2.75) is 27.0 Å². The molecule has 0 radical (unpaired) electrons. The van der Waals surface area contributed by atoms with E-state index in [1.807, 2.05) is 52.9 Å². The van der Waals surface area contributed by atoms with Crippen LogP contribution in [-0.2, 0) is 13.2 Å². The summed E-state index contributed by atoms with van der Waals surface area (Å²) in [4.78, 5) is 22.4. The molecular formula is C24H27N3O2S. The Kier molecular flexibility index (Phi) is 6.45. The lowest BCUT2D eigenvalue weighted by Crippen LogP contribution is -2.48. The number of pyridine rings is 1. The summed E-state index contributed by atoms with van der Waals surface area (Å²) >= 11 is 1.50. The fraction of sp³-hybridized carbons (Fsp3) is 0.333. The zero-order valence-corrected chi connectivity index (χ0v) is 18.3. The lowest BCUT2D eigenvalue weighted by molar-refractivity contribution is 0.0631. The lowest BCUT2D eigenvalue weighted by Gasteiger charge is -2.34. The van der Waals surface area contributed by atoms with Crippen LogP contribution in [-0.4, -0.2) is 46.9 Å². The quantitative estimate of drug-likeness (QED) is 0.595. The zero-order valence-electron chi connectivity index (χ0n) is 17.5. The minimum Gasteiger partial charge on any atom is -0.489 e. The highest BCUT2D eigenvalue weighted by atomic mass is 32.1. The Morgan fingerprint density at radius 1 is 1.07 bits per heavy atom. The van der Waals surface area contributed by atoms with Crippen molar-refractivity contribution >= 4 is 17.2 Å². The first kappa shape index (κ1) is 20.6. The average molecular weight is 422 g/mol. The molecule has 1 aromatic carbocycles. The normalized spacial score (nSPS) is 14.7. The van der Waals surface area contributed by atoms with E-state index in [4.69, 9.17) is 4.74 Å². The highest BCUT2D eigenvalue weighted by Crippen LogP contribution is 2.22. The van der Waals surface area contributed by atoms with Crippen molar-refractivity contribution < 1.29 is 9.53 Å². The van der Waals surface area contributed by atoms with E-state index in [0.29, 0.717) is 6.61 Å². The van der Waals surface area contributed by atoms with E-state index < -0.39 is 0 Å². The number of nitrogens with zero attached hydrogens (tertiary/aromatic N) is 3. The van der Waals surface area contributed by atoms with E-state index in [1.54, 1.807) is 0 Å². The van der Waals surface area contributed by atoms with Gasteiger partial charge in [0.25, 0.3) is 5.91 Å². The first-order chi connectivity index (χ1) is 14.6. The van der Waals surface area contributed by atoms with Gasteiger partial charge in [-0.3, -0.25) is 14.7 Å². The van der Waals surface area contributed by atoms with Crippen molar-refractivity contribution in [1.82, 2.24) is 14.8 Å². The number of hydrogen-bond donors (Lipinski definition) is 0. The molecule has 1 aliphatic heterocycles. The maximum atomic E-state index is 12.9. The van der Waals surface area contributed by atoms with Gasteiger partial charge in [-0.15, -0.1) is 11.3 Å². The van der Waals surface area contributed by atoms with Gasteiger partial charge >= 0.3 is 0 Å². The maximum Gasteiger partial charge on any atom is 0.264 e. The van der Waals surface area contributed by atoms with Crippen LogP contribution in [0, 0.1) is 13.8 Å². The predicted octanol–water partition coefficient (Wildman–Crippen LogP) is 4.30. The van der Waals surface area contributed by atoms with Crippen LogP contribution in [0.2, 0.25) is 0 Å². The molecule has 0 unspecified atom stereocenters. The number of piperazine rings is 1. The zero-order chi connectivity index (χ0) is 20.9. The number of carbonyl (C=O) groups excluding carboxylic acids is 1. The second-order valence-corrected chi connectivity index (χ2v) is 8.73. The number of carbonyl (C=O) groups is 1. The molecule has 5 nitrogen and oxygen atoms in total. The molecule has 1 fully saturated rings. The van der Waals surface area contributed by atoms with Gasteiger partial charge < -0.3 is 9.64 Å². The fourth-order valence-electron chi connectivity index (χ4n) is 3.73. The van der Waals surface area contributed by atoms with E-state index >= 15 is 0 Å². The van der Waals surface area contributed by atoms with Crippen molar-refractivity contribution in [3.05, 3.63) is 81.3 Å². The van der Waals surface area contributed by atoms with Crippen LogP contribution in [0.5, 0.6) is 5.75 Å². The lowest BCUT2D eigenvalue weighted by atomic mass is 10.1. The predicted molar refractivity (Wildman–Crippen MR) is 120 cm³/mol. The summed E-state index contributed by atoms with van der Waals surface area (Å²) in [5, 5.41) is 2.02. The first-order valence-electron chi connectivity index (χ1n) is 10.3. The van der Waals surface area contributed by atoms with Gasteiger partial charge in [-0.1, -0.05) is 12.1 Å². The Morgan fingerprint density at radius 3 is 2.53 bits per heavy atom. The third kappa shape index (κ3) is 5.26. The maximum absolute atomic E-state index is 12.9. The van der Waals surface area contributed by atoms with Crippen LogP contribution in [0.25, 0.3) is 0 Å². The number of thiophene rings is 1. The number of aromatic nitrogens is 1. The minimum atomic E-state index is 0.120. The number of rotatable bonds is 6. The molecular weight excluding hydrogens is 394 g/mol. The Labute approximate surface area is 181 Å². The summed E-state index contributed by atoms with van der Waals surface area (Å²) in [6.45, 7) is 8.68. The molecule has 4 rings (SSSR count). The number of ether oxygens (including phenoxy) is 1. The van der Waals surface area contributed by atoms with Gasteiger partial charge in [-0.05, 0) is 60.7 Å². The van der Waals surface area contributed by atoms with Gasteiger partial charge in [-0.2, -0.15) is 0 Å². The van der Waals surface area contributed by atoms with Crippen LogP contribution >= 0.6 is 11.3 Å². The number of hydrogen-bond acceptors (Lipinski definition) is 5. The van der Waals surface area contributed by atoms with E-state index in [1.165, 1.54) is 22.5 Å². The SMILES string of the molecule is Cc1cc(C)cc(OCc2csc(C(=O)N3CCN(Cc4ccccn4)CC3)c2)c1. The molecule has 0 saturated carbocycles. The second-order valence-electron chi connectivity index (χ2n) is 7.82. The molecule has 1 saturated heterocycles. The highest BCUT2D eigenvalue weighted by Gasteiger charge is 2.23. The Morgan fingerprint density at radius 2 is 1.83 bits per heavy atom. The number of aryl methyl sites for hydroxylation is 2. The van der Waals surface area contributed by atoms with E-state index in [9.17, 15) is 4.79 Å². The van der Waals surface area contributed by atoms with Crippen LogP contribution in [0.15, 0.2) is 54.0 Å². The summed E-state index contributed by atoms with van der Waals surface area (Å²) in [6, 6.07) is 14.2. The smallest absolute Gasteiger partial charge is 0.264 e. The van der Waals surface area contributed by atoms with Gasteiger partial charge in [0.15, 0.2) is 0 Å². The molecule has 0 bridgehead atoms. The molecule has 2 aromatic heterocycles. The van der Waals surface area contributed by atoms with Crippen LogP contribution in [0.1, 0.15) is 32.1 Å². The van der Waals surface area contributed by atoms with Crippen LogP contribution in [0.3, 0.4) is 0 Å². The number of benzene rings is 1. The summed E-state index contributed by atoms with van der Waals surface area (Å²) in [5.74, 6) is 0.991. The molecule has 3 heterocycles. The van der Waals surface area contributed by atoms with Crippen molar-refractivity contribution in [2.75, 3.05) is 26.2 Å². The summed E-state index contributed by atoms with van der Waals surface area (Å²) in [7, 11) is 0. The molecule has 30 heavy (non-hydrogen) atoms. The van der Waals surface area contributed by atoms with Gasteiger partial charge in [0.05, 0.1) is 10.6 Å². The fourth-order valence-corrected chi connectivity index (χ4v) is 4.60. The minimum absolute atomic E-state index is 0.120. The first-order valence-corrected chi connectivity index (χ1v) is 11.1. The summed E-state index contributed by atoms with van der Waals surface area (Å²) in [6.07, 6.45) is 1.83. The Bertz CT molecular complexity index is 974. The highest BCUT2D eigenvalue weighted by molar-refractivity contribution is 7.12. The molecule has 3 aromatic rings. The molecule has 156 valence electrons. The Hall–Kier alpha value is -2.70. The molecule has 0 atom stereocenters. The van der Waals surface area contributed by atoms with E-state index in [-0.39, 0.29) is 5.91 Å². The van der Waals surface area contributed by atoms with Crippen molar-refractivity contribution in [1.29, 1.82) is 0 Å². The van der Waals surface area contributed by atoms with Crippen molar-refractivity contribution in [2.24, 2.45) is 0 Å². The molecule has 1 amide bonds. The standard InChI is InChI=1S/C24H27N3O2S/c1-18-11-19(2)13-22(12-18)29-16-20-14-23(30-17-20)24(28)27-9-7-26(8-10-27)15-21-5-3-4-6-25-21/h3-6,11-14,17H,7-10,15-16H2,1-2H3. The molecule has 0 spiro atoms. The monoisotopic (exact) mass is 421 g/mol. The van der Waals surface area contributed by atoms with Crippen LogP contribution in [0.4, 0.5) is 0 Å². The average Bonchev–Trinajstić information content (AvgIpc) is 3.21. The van der Waals surface area contributed by atoms with E-state index in [2.05, 4.69) is 29.8 Å². The molecule has 6 heteroatoms. The second kappa shape index (κ2) is 9.41. The van der Waals surface area contributed by atoms with Crippen LogP contribution < -0.4 is 4.74 Å². The molecule has 0 N–H and O–H groups in total. The van der Waals surface area contributed by atoms with Gasteiger partial charge in [0, 0.05) is 44.5 Å². The van der Waals surface area contributed by atoms with Gasteiger partial charge in [0.1, 0.15) is 12.4 Å². The molecule has 0 aliphatic carbocycles. The van der Waals surface area contributed by atoms with Crippen molar-refractivity contribution in [3.63, 3.8) is 0 Å². The Balaban J connectivity index is 1.29. The molecule has 1 aliphatic rings.